The van der Waals surface area contributed by atoms with Crippen molar-refractivity contribution in [2.24, 2.45) is 5.73 Å². The highest BCUT2D eigenvalue weighted by Gasteiger charge is 2.51. The van der Waals surface area contributed by atoms with E-state index in [4.69, 9.17) is 5.73 Å². The van der Waals surface area contributed by atoms with Gasteiger partial charge in [0.05, 0.1) is 0 Å². The summed E-state index contributed by atoms with van der Waals surface area (Å²) >= 11 is 1.48. The quantitative estimate of drug-likeness (QED) is 0.777. The molecule has 1 fully saturated rings. The zero-order valence-corrected chi connectivity index (χ0v) is 14.2. The van der Waals surface area contributed by atoms with Gasteiger partial charge in [-0.05, 0) is 17.2 Å². The van der Waals surface area contributed by atoms with Crippen LogP contribution in [0.5, 0.6) is 0 Å². The number of aliphatic carboxylic acids is 1. The van der Waals surface area contributed by atoms with Gasteiger partial charge in [0.15, 0.2) is 0 Å². The predicted molar refractivity (Wildman–Crippen MR) is 93.5 cm³/mol. The van der Waals surface area contributed by atoms with Gasteiger partial charge in [0.25, 0.3) is 0 Å². The number of aromatic nitrogens is 1. The van der Waals surface area contributed by atoms with E-state index < -0.39 is 12.0 Å². The second-order valence-electron chi connectivity index (χ2n) is 4.73. The average molecular weight is 376 g/mol. The molecule has 6 nitrogen and oxygen atoms in total. The molecule has 0 bridgehead atoms. The highest BCUT2D eigenvalue weighted by atomic mass is 35.5. The number of halogens is 2. The molecular weight excluding hydrogens is 361 g/mol. The number of allylic oxidation sites excluding steroid dienone is 1. The van der Waals surface area contributed by atoms with Crippen LogP contribution >= 0.6 is 36.6 Å². The van der Waals surface area contributed by atoms with Gasteiger partial charge in [-0.2, -0.15) is 0 Å². The summed E-state index contributed by atoms with van der Waals surface area (Å²) in [7, 11) is 0. The number of carboxylic acid groups (broad SMARTS) is 1. The van der Waals surface area contributed by atoms with Crippen molar-refractivity contribution in [3.8, 4) is 0 Å². The molecule has 2 aliphatic rings. The second-order valence-corrected chi connectivity index (χ2v) is 5.84. The number of rotatable bonds is 3. The van der Waals surface area contributed by atoms with E-state index >= 15 is 0 Å². The summed E-state index contributed by atoms with van der Waals surface area (Å²) in [5.74, 6) is -0.927. The van der Waals surface area contributed by atoms with E-state index in [9.17, 15) is 14.7 Å². The van der Waals surface area contributed by atoms with Crippen LogP contribution in [0.2, 0.25) is 0 Å². The minimum absolute atomic E-state index is 0. The van der Waals surface area contributed by atoms with Gasteiger partial charge in [-0.1, -0.05) is 18.2 Å². The molecule has 2 atom stereocenters. The number of carboxylic acids is 1. The molecular formula is C14H15Cl2N3O3S. The molecule has 0 aromatic carbocycles. The van der Waals surface area contributed by atoms with E-state index in [-0.39, 0.29) is 41.8 Å². The van der Waals surface area contributed by atoms with Crippen LogP contribution in [0, 0.1) is 0 Å². The molecule has 1 saturated heterocycles. The molecule has 0 spiro atoms. The van der Waals surface area contributed by atoms with Gasteiger partial charge in [-0.3, -0.25) is 14.7 Å². The zero-order chi connectivity index (χ0) is 15.0. The molecule has 0 radical (unpaired) electrons. The Bertz CT molecular complexity index is 666. The maximum Gasteiger partial charge on any atom is 0.352 e. The summed E-state index contributed by atoms with van der Waals surface area (Å²) in [6, 6.07) is 3.07. The first-order valence-electron chi connectivity index (χ1n) is 6.34. The van der Waals surface area contributed by atoms with Crippen molar-refractivity contribution < 1.29 is 14.7 Å². The predicted octanol–water partition coefficient (Wildman–Crippen LogP) is 1.52. The zero-order valence-electron chi connectivity index (χ0n) is 11.8. The molecule has 1 amide bonds. The van der Waals surface area contributed by atoms with Crippen LogP contribution in [0.25, 0.3) is 6.08 Å². The number of nitrogens with two attached hydrogens (primary N) is 1. The smallest absolute Gasteiger partial charge is 0.352 e. The molecule has 3 N–H and O–H groups in total. The Balaban J connectivity index is 0.00000132. The van der Waals surface area contributed by atoms with E-state index in [0.29, 0.717) is 11.3 Å². The molecule has 0 aliphatic carbocycles. The summed E-state index contributed by atoms with van der Waals surface area (Å²) in [5, 5.41) is 9.12. The van der Waals surface area contributed by atoms with Gasteiger partial charge in [0.2, 0.25) is 5.91 Å². The standard InChI is InChI=1S/C14H13N3O3S.2ClH/c15-10-12(18)17-11(14(19)20)9(7-21-13(10)17)4-3-8-2-1-5-16-6-8;;/h1-6,10,13H,7,15H2,(H,19,20);2*1H/b4-3-;;/t10-,13-;;/m1../s1. The SMILES string of the molecule is Cl.Cl.N[C@@H]1C(=O)N2C(C(=O)O)=C(/C=C\c3cccnc3)CS[C@H]12. The molecule has 0 saturated carbocycles. The number of fused-ring (bicyclic) bond motifs is 1. The van der Waals surface area contributed by atoms with Crippen LogP contribution < -0.4 is 5.73 Å². The lowest BCUT2D eigenvalue weighted by molar-refractivity contribution is -0.147. The van der Waals surface area contributed by atoms with E-state index in [1.807, 2.05) is 6.07 Å². The number of amides is 1. The Morgan fingerprint density at radius 2 is 2.17 bits per heavy atom. The van der Waals surface area contributed by atoms with Crippen LogP contribution in [-0.2, 0) is 9.59 Å². The Labute approximate surface area is 149 Å². The molecule has 124 valence electrons. The molecule has 1 aromatic heterocycles. The molecule has 23 heavy (non-hydrogen) atoms. The lowest BCUT2D eigenvalue weighted by Gasteiger charge is -2.47. The summed E-state index contributed by atoms with van der Waals surface area (Å²) in [6.07, 6.45) is 6.86. The monoisotopic (exact) mass is 375 g/mol. The largest absolute Gasteiger partial charge is 0.477 e. The summed E-state index contributed by atoms with van der Waals surface area (Å²) in [5.41, 5.74) is 7.20. The van der Waals surface area contributed by atoms with Gasteiger partial charge in [0.1, 0.15) is 17.1 Å². The summed E-state index contributed by atoms with van der Waals surface area (Å²) < 4.78 is 0. The third-order valence-corrected chi connectivity index (χ3v) is 4.73. The Morgan fingerprint density at radius 3 is 2.78 bits per heavy atom. The van der Waals surface area contributed by atoms with Gasteiger partial charge < -0.3 is 10.8 Å². The highest BCUT2D eigenvalue weighted by Crippen LogP contribution is 2.39. The van der Waals surface area contributed by atoms with Crippen molar-refractivity contribution in [1.82, 2.24) is 9.88 Å². The number of hydrogen-bond acceptors (Lipinski definition) is 5. The maximum atomic E-state index is 11.8. The minimum Gasteiger partial charge on any atom is -0.477 e. The second kappa shape index (κ2) is 7.83. The Kier molecular flexibility index (Phi) is 6.64. The Morgan fingerprint density at radius 1 is 1.43 bits per heavy atom. The fourth-order valence-corrected chi connectivity index (χ4v) is 3.60. The molecule has 9 heteroatoms. The molecule has 3 rings (SSSR count). The first-order chi connectivity index (χ1) is 10.1. The lowest BCUT2D eigenvalue weighted by Crippen LogP contribution is -2.68. The summed E-state index contributed by atoms with van der Waals surface area (Å²) in [4.78, 5) is 28.5. The van der Waals surface area contributed by atoms with Gasteiger partial charge >= 0.3 is 5.97 Å². The number of pyridine rings is 1. The third-order valence-electron chi connectivity index (χ3n) is 3.40. The van der Waals surface area contributed by atoms with E-state index in [1.165, 1.54) is 16.7 Å². The van der Waals surface area contributed by atoms with Crippen molar-refractivity contribution >= 4 is 54.5 Å². The van der Waals surface area contributed by atoms with Crippen LogP contribution in [-0.4, -0.2) is 44.0 Å². The number of β-lactam (4-membered cyclic amide) rings is 1. The molecule has 3 heterocycles. The van der Waals surface area contributed by atoms with Crippen molar-refractivity contribution in [2.75, 3.05) is 5.75 Å². The van der Waals surface area contributed by atoms with Crippen LogP contribution in [0.3, 0.4) is 0 Å². The number of carbonyl (C=O) groups excluding carboxylic acids is 1. The average Bonchev–Trinajstić information content (AvgIpc) is 2.52. The minimum atomic E-state index is -1.11. The fraction of sp³-hybridized carbons (Fsp3) is 0.214. The molecule has 1 aromatic rings. The van der Waals surface area contributed by atoms with Crippen LogP contribution in [0.4, 0.5) is 0 Å². The van der Waals surface area contributed by atoms with Crippen molar-refractivity contribution in [3.05, 3.63) is 47.4 Å². The number of hydrogen-bond donors (Lipinski definition) is 2. The van der Waals surface area contributed by atoms with Gasteiger partial charge in [-0.15, -0.1) is 36.6 Å². The number of thioether (sulfide) groups is 1. The third kappa shape index (κ3) is 3.53. The van der Waals surface area contributed by atoms with E-state index in [2.05, 4.69) is 4.98 Å². The van der Waals surface area contributed by atoms with Crippen LogP contribution in [0.15, 0.2) is 41.9 Å². The van der Waals surface area contributed by atoms with Crippen molar-refractivity contribution in [1.29, 1.82) is 0 Å². The normalized spacial score (nSPS) is 22.8. The topological polar surface area (TPSA) is 96.5 Å². The summed E-state index contributed by atoms with van der Waals surface area (Å²) in [6.45, 7) is 0. The fourth-order valence-electron chi connectivity index (χ4n) is 2.34. The molecule has 2 aliphatic heterocycles. The maximum absolute atomic E-state index is 11.8. The van der Waals surface area contributed by atoms with Crippen LogP contribution in [0.1, 0.15) is 5.56 Å². The molecule has 0 unspecified atom stereocenters. The van der Waals surface area contributed by atoms with Crippen molar-refractivity contribution in [2.45, 2.75) is 11.4 Å². The van der Waals surface area contributed by atoms with Gasteiger partial charge in [-0.25, -0.2) is 4.79 Å². The first-order valence-corrected chi connectivity index (χ1v) is 7.39. The lowest BCUT2D eigenvalue weighted by atomic mass is 10.0. The van der Waals surface area contributed by atoms with Crippen molar-refractivity contribution in [3.63, 3.8) is 0 Å². The highest BCUT2D eigenvalue weighted by molar-refractivity contribution is 8.00. The first kappa shape index (κ1) is 19.5. The van der Waals surface area contributed by atoms with Gasteiger partial charge in [0, 0.05) is 18.1 Å². The van der Waals surface area contributed by atoms with E-state index in [0.717, 1.165) is 5.56 Å². The van der Waals surface area contributed by atoms with E-state index in [1.54, 1.807) is 30.6 Å². The number of nitrogens with zero attached hydrogens (tertiary/aromatic N) is 2. The Hall–Kier alpha value is -1.54. The number of carbonyl (C=O) groups is 2.